The van der Waals surface area contributed by atoms with Crippen molar-refractivity contribution in [1.29, 1.82) is 0 Å². The van der Waals surface area contributed by atoms with Gasteiger partial charge in [-0.1, -0.05) is 0 Å². The molecular weight excluding hydrogens is 567 g/mol. The first-order valence-electron chi connectivity index (χ1n) is 11.7. The molecule has 3 rings (SSSR count). The molecule has 1 heterocycles. The van der Waals surface area contributed by atoms with Gasteiger partial charge >= 0.3 is 201 Å². The van der Waals surface area contributed by atoms with Crippen LogP contribution in [0.2, 0.25) is 52.4 Å². The number of rotatable bonds is 8. The minimum Gasteiger partial charge on any atom is -1.00 e. The number of halogens is 2. The molecule has 0 aromatic carbocycles. The summed E-state index contributed by atoms with van der Waals surface area (Å²) in [6.45, 7) is 23.7. The molecule has 8 heteroatoms. The Morgan fingerprint density at radius 3 is 1.44 bits per heavy atom. The molecule has 0 saturated heterocycles. The molecule has 4 bridgehead atoms. The van der Waals surface area contributed by atoms with Gasteiger partial charge in [0.25, 0.3) is 0 Å². The molecule has 0 aromatic heterocycles. The monoisotopic (exact) mass is 606 g/mol. The van der Waals surface area contributed by atoms with E-state index in [0.29, 0.717) is 12.2 Å². The fraction of sp³-hybridized carbons (Fsp3) is 0.667. The van der Waals surface area contributed by atoms with Gasteiger partial charge < -0.3 is 24.8 Å². The number of allylic oxidation sites excluding steroid dienone is 6. The molecule has 2 unspecified atom stereocenters. The molecule has 3 aliphatic rings. The summed E-state index contributed by atoms with van der Waals surface area (Å²) in [6, 6.07) is 0. The third-order valence-electron chi connectivity index (χ3n) is 6.14. The average molecular weight is 609 g/mol. The number of hydrogen-bond acceptors (Lipinski definition) is 2. The van der Waals surface area contributed by atoms with Gasteiger partial charge in [-0.2, -0.15) is 0 Å². The third-order valence-corrected chi connectivity index (χ3v) is 16.0. The van der Waals surface area contributed by atoms with Crippen LogP contribution >= 0.6 is 0 Å². The van der Waals surface area contributed by atoms with Gasteiger partial charge in [-0.3, -0.25) is 0 Å². The van der Waals surface area contributed by atoms with Crippen LogP contribution in [-0.2, 0) is 32.1 Å². The van der Waals surface area contributed by atoms with Crippen LogP contribution in [0.15, 0.2) is 40.3 Å². The molecule has 180 valence electrons. The van der Waals surface area contributed by atoms with Crippen molar-refractivity contribution >= 4 is 24.7 Å². The average Bonchev–Trinajstić information content (AvgIpc) is 3.10. The molecule has 1 aliphatic heterocycles. The fourth-order valence-corrected chi connectivity index (χ4v) is 15.9. The van der Waals surface area contributed by atoms with Crippen molar-refractivity contribution in [2.75, 3.05) is 0 Å². The zero-order chi connectivity index (χ0) is 22.5. The maximum atomic E-state index is 6.47. The maximum Gasteiger partial charge on any atom is -1.00 e. The molecule has 0 amide bonds. The second-order valence-corrected chi connectivity index (χ2v) is 28.6. The van der Waals surface area contributed by atoms with E-state index in [-0.39, 0.29) is 24.8 Å². The van der Waals surface area contributed by atoms with Gasteiger partial charge in [0, 0.05) is 0 Å². The predicted molar refractivity (Wildman–Crippen MR) is 134 cm³/mol. The number of hydrogen-bond donors (Lipinski definition) is 0. The van der Waals surface area contributed by atoms with Gasteiger partial charge in [0.1, 0.15) is 0 Å². The summed E-state index contributed by atoms with van der Waals surface area (Å²) in [6.07, 6.45) is 10.7. The topological polar surface area (TPSA) is 18.5 Å². The minimum atomic E-state index is -1.68. The quantitative estimate of drug-likeness (QED) is 0.387. The fourth-order valence-electron chi connectivity index (χ4n) is 5.40. The van der Waals surface area contributed by atoms with Crippen LogP contribution in [0.5, 0.6) is 0 Å². The van der Waals surface area contributed by atoms with Crippen molar-refractivity contribution in [2.45, 2.75) is 104 Å². The van der Waals surface area contributed by atoms with Gasteiger partial charge in [0.2, 0.25) is 0 Å². The zero-order valence-corrected chi connectivity index (χ0v) is 28.7. The first kappa shape index (κ1) is 31.0. The van der Waals surface area contributed by atoms with Crippen molar-refractivity contribution < 1.29 is 56.9 Å². The Morgan fingerprint density at radius 1 is 0.781 bits per heavy atom. The van der Waals surface area contributed by atoms with Crippen LogP contribution in [-0.4, -0.2) is 36.9 Å². The van der Waals surface area contributed by atoms with E-state index in [1.165, 1.54) is 12.8 Å². The normalized spacial score (nSPS) is 21.3. The Balaban J connectivity index is 0.00000256. The van der Waals surface area contributed by atoms with E-state index in [1.807, 2.05) is 6.56 Å². The third kappa shape index (κ3) is 7.49. The van der Waals surface area contributed by atoms with Gasteiger partial charge in [-0.05, 0) is 0 Å². The standard InChI is InChI=1S/C24H42O2Si3.2ClH.Zr/c1-19(25-27(3,4)5)17-21-13-11-15-23(21)29(9,10)24-16-12-14-22(24)18-20(2)26-28(6,7)8;;;/h15-16,19-20H,11-12,17-18H2,1-10H3;2*1H;/q;;;+2/p-2. The second kappa shape index (κ2) is 11.4. The number of fused-ring (bicyclic) bond motifs is 2. The molecular formula is C24H42Cl2O2Si3Zr. The van der Waals surface area contributed by atoms with Crippen LogP contribution in [0.3, 0.4) is 0 Å². The van der Waals surface area contributed by atoms with Crippen molar-refractivity contribution in [1.82, 2.24) is 0 Å². The summed E-state index contributed by atoms with van der Waals surface area (Å²) in [4.78, 5) is 0. The molecule has 0 saturated carbocycles. The van der Waals surface area contributed by atoms with Crippen LogP contribution < -0.4 is 24.8 Å². The van der Waals surface area contributed by atoms with E-state index in [0.717, 1.165) is 12.8 Å². The molecule has 0 radical (unpaired) electrons. The van der Waals surface area contributed by atoms with Crippen molar-refractivity contribution in [3.05, 3.63) is 40.3 Å². The molecule has 0 aromatic rings. The minimum absolute atomic E-state index is 0. The first-order valence-corrected chi connectivity index (χ1v) is 23.9. The summed E-state index contributed by atoms with van der Waals surface area (Å²) >= 11 is -0.702. The Bertz CT molecular complexity index is 767. The summed E-state index contributed by atoms with van der Waals surface area (Å²) in [7, 11) is -4.68. The smallest absolute Gasteiger partial charge is 1.00 e. The Labute approximate surface area is 224 Å². The van der Waals surface area contributed by atoms with E-state index in [4.69, 9.17) is 8.85 Å². The molecule has 0 fully saturated rings. The Morgan fingerprint density at radius 2 is 1.12 bits per heavy atom. The van der Waals surface area contributed by atoms with E-state index >= 15 is 0 Å². The molecule has 2 nitrogen and oxygen atoms in total. The van der Waals surface area contributed by atoms with Crippen molar-refractivity contribution in [3.63, 3.8) is 0 Å². The molecule has 2 aliphatic carbocycles. The summed E-state index contributed by atoms with van der Waals surface area (Å²) in [5.41, 5.74) is 3.47. The Kier molecular flexibility index (Phi) is 11.0. The van der Waals surface area contributed by atoms with Gasteiger partial charge in [-0.15, -0.1) is 0 Å². The summed E-state index contributed by atoms with van der Waals surface area (Å²) in [5, 5.41) is 3.49. The van der Waals surface area contributed by atoms with Gasteiger partial charge in [-0.25, -0.2) is 0 Å². The predicted octanol–water partition coefficient (Wildman–Crippen LogP) is 1.31. The van der Waals surface area contributed by atoms with Crippen LogP contribution in [0.25, 0.3) is 0 Å². The largest absolute Gasteiger partial charge is 1.00 e. The zero-order valence-electron chi connectivity index (χ0n) is 21.7. The second-order valence-electron chi connectivity index (χ2n) is 11.8. The SMILES string of the molecule is CC(CC1=[C]2CC=C1[Si](C)(C)C1=CC[C](=C1CC(C)O[Si](C)(C)C)[Zr+2]2)O[Si](C)(C)C.[Cl-].[Cl-]. The van der Waals surface area contributed by atoms with E-state index in [9.17, 15) is 0 Å². The van der Waals surface area contributed by atoms with Crippen LogP contribution in [0.1, 0.15) is 39.5 Å². The molecule has 32 heavy (non-hydrogen) atoms. The maximum absolute atomic E-state index is 6.47. The summed E-state index contributed by atoms with van der Waals surface area (Å²) in [5.74, 6) is 0. The van der Waals surface area contributed by atoms with E-state index in [2.05, 4.69) is 78.4 Å². The van der Waals surface area contributed by atoms with Crippen molar-refractivity contribution in [2.24, 2.45) is 0 Å². The Hall–Kier alpha value is 0.994. The first-order chi connectivity index (χ1) is 13.7. The van der Waals surface area contributed by atoms with Crippen LogP contribution in [0.4, 0.5) is 0 Å². The van der Waals surface area contributed by atoms with Gasteiger partial charge in [0.15, 0.2) is 0 Å². The molecule has 0 spiro atoms. The molecule has 2 atom stereocenters. The van der Waals surface area contributed by atoms with E-state index in [1.54, 1.807) is 21.5 Å². The summed E-state index contributed by atoms with van der Waals surface area (Å²) < 4.78 is 16.6. The van der Waals surface area contributed by atoms with Crippen molar-refractivity contribution in [3.8, 4) is 0 Å². The van der Waals surface area contributed by atoms with Gasteiger partial charge in [0.05, 0.1) is 0 Å². The van der Waals surface area contributed by atoms with E-state index < -0.39 is 47.9 Å². The molecule has 0 N–H and O–H groups in total. The van der Waals surface area contributed by atoms with Crippen LogP contribution in [0, 0.1) is 0 Å².